The lowest BCUT2D eigenvalue weighted by atomic mass is 9.36. The summed E-state index contributed by atoms with van der Waals surface area (Å²) in [6.07, 6.45) is 8.77. The molecule has 0 spiro atoms. The third-order valence-electron chi connectivity index (χ3n) is 10.5. The van der Waals surface area contributed by atoms with Crippen molar-refractivity contribution < 1.29 is 19.4 Å². The van der Waals surface area contributed by atoms with Gasteiger partial charge in [0.15, 0.2) is 0 Å². The van der Waals surface area contributed by atoms with Crippen molar-refractivity contribution >= 4 is 5.97 Å². The van der Waals surface area contributed by atoms with E-state index in [0.29, 0.717) is 30.1 Å². The number of aromatic hydroxyl groups is 1. The van der Waals surface area contributed by atoms with Crippen LogP contribution in [0.5, 0.6) is 11.5 Å². The third kappa shape index (κ3) is 2.16. The molecule has 4 unspecified atom stereocenters. The Morgan fingerprint density at radius 1 is 1.00 bits per heavy atom. The summed E-state index contributed by atoms with van der Waals surface area (Å²) in [4.78, 5) is 12.8. The molecule has 1 aromatic rings. The zero-order valence-corrected chi connectivity index (χ0v) is 18.5. The van der Waals surface area contributed by atoms with Crippen molar-refractivity contribution in [2.75, 3.05) is 6.61 Å². The molecule has 4 nitrogen and oxygen atoms in total. The van der Waals surface area contributed by atoms with E-state index in [0.717, 1.165) is 56.3 Å². The van der Waals surface area contributed by atoms with Gasteiger partial charge in [0, 0.05) is 11.3 Å². The van der Waals surface area contributed by atoms with E-state index in [2.05, 4.69) is 20.8 Å². The number of benzene rings is 1. The minimum absolute atomic E-state index is 0.0532. The molecule has 1 saturated heterocycles. The molecule has 30 heavy (non-hydrogen) atoms. The van der Waals surface area contributed by atoms with Crippen molar-refractivity contribution in [1.82, 2.24) is 0 Å². The summed E-state index contributed by atoms with van der Waals surface area (Å²) in [6.45, 7) is 7.62. The minimum atomic E-state index is -0.292. The molecule has 162 valence electrons. The first-order chi connectivity index (χ1) is 14.2. The van der Waals surface area contributed by atoms with Crippen LogP contribution in [0.2, 0.25) is 0 Å². The summed E-state index contributed by atoms with van der Waals surface area (Å²) in [6, 6.07) is 5.56. The molecule has 2 heterocycles. The maximum Gasteiger partial charge on any atom is 0.312 e. The molecule has 2 aliphatic heterocycles. The quantitative estimate of drug-likeness (QED) is 0.593. The van der Waals surface area contributed by atoms with Crippen molar-refractivity contribution in [3.63, 3.8) is 0 Å². The van der Waals surface area contributed by atoms with Gasteiger partial charge in [-0.2, -0.15) is 0 Å². The molecule has 0 amide bonds. The normalized spacial score (nSPS) is 48.9. The van der Waals surface area contributed by atoms with Gasteiger partial charge in [0.1, 0.15) is 17.1 Å². The van der Waals surface area contributed by atoms with E-state index in [9.17, 15) is 9.90 Å². The van der Waals surface area contributed by atoms with Gasteiger partial charge in [-0.3, -0.25) is 4.79 Å². The van der Waals surface area contributed by atoms with Crippen LogP contribution in [0.15, 0.2) is 18.2 Å². The Balaban J connectivity index is 1.43. The van der Waals surface area contributed by atoms with Gasteiger partial charge < -0.3 is 14.6 Å². The molecule has 7 atom stereocenters. The van der Waals surface area contributed by atoms with Gasteiger partial charge >= 0.3 is 5.97 Å². The fourth-order valence-electron chi connectivity index (χ4n) is 9.16. The summed E-state index contributed by atoms with van der Waals surface area (Å²) < 4.78 is 12.6. The topological polar surface area (TPSA) is 55.8 Å². The second kappa shape index (κ2) is 5.75. The molecule has 1 aromatic carbocycles. The fraction of sp³-hybridized carbons (Fsp3) is 0.731. The first-order valence-corrected chi connectivity index (χ1v) is 11.9. The number of rotatable bonds is 0. The Morgan fingerprint density at radius 3 is 2.63 bits per heavy atom. The molecule has 0 radical (unpaired) electrons. The third-order valence-corrected chi connectivity index (χ3v) is 10.5. The van der Waals surface area contributed by atoms with Crippen LogP contribution in [0, 0.1) is 34.0 Å². The van der Waals surface area contributed by atoms with Crippen molar-refractivity contribution in [2.45, 2.75) is 77.7 Å². The summed E-state index contributed by atoms with van der Waals surface area (Å²) >= 11 is 0. The van der Waals surface area contributed by atoms with Crippen LogP contribution in [-0.4, -0.2) is 23.3 Å². The van der Waals surface area contributed by atoms with E-state index < -0.39 is 0 Å². The van der Waals surface area contributed by atoms with Crippen molar-refractivity contribution in [1.29, 1.82) is 0 Å². The highest BCUT2D eigenvalue weighted by molar-refractivity contribution is 5.78. The average Bonchev–Trinajstić information content (AvgIpc) is 2.70. The highest BCUT2D eigenvalue weighted by Gasteiger charge is 2.70. The molecule has 0 aromatic heterocycles. The molecule has 6 rings (SSSR count). The predicted molar refractivity (Wildman–Crippen MR) is 113 cm³/mol. The van der Waals surface area contributed by atoms with Crippen molar-refractivity contribution in [3.8, 4) is 11.5 Å². The van der Waals surface area contributed by atoms with Gasteiger partial charge in [0.05, 0.1) is 12.0 Å². The van der Waals surface area contributed by atoms with Crippen LogP contribution in [0.4, 0.5) is 0 Å². The first-order valence-electron chi connectivity index (χ1n) is 11.9. The Kier molecular flexibility index (Phi) is 3.64. The van der Waals surface area contributed by atoms with E-state index in [1.807, 2.05) is 12.1 Å². The summed E-state index contributed by atoms with van der Waals surface area (Å²) in [5, 5.41) is 10.1. The highest BCUT2D eigenvalue weighted by atomic mass is 16.5. The SMILES string of the molecule is CC12CCC3C45CCC[C@](C)(C(=O)OC4)C5CC[C@@]3(C)[C@@H]1Cc1cc(O)ccc1O2. The zero-order valence-electron chi connectivity index (χ0n) is 18.5. The Labute approximate surface area is 179 Å². The van der Waals surface area contributed by atoms with Gasteiger partial charge in [-0.05, 0) is 99.8 Å². The van der Waals surface area contributed by atoms with Gasteiger partial charge in [-0.1, -0.05) is 13.3 Å². The largest absolute Gasteiger partial charge is 0.508 e. The number of ether oxygens (including phenoxy) is 2. The van der Waals surface area contributed by atoms with Gasteiger partial charge in [0.25, 0.3) is 0 Å². The number of fused-ring (bicyclic) bond motifs is 4. The molecule has 5 aliphatic rings. The number of phenolic OH excluding ortho intramolecular Hbond substituents is 1. The zero-order chi connectivity index (χ0) is 20.9. The Bertz CT molecular complexity index is 926. The lowest BCUT2D eigenvalue weighted by Crippen LogP contribution is -2.69. The predicted octanol–water partition coefficient (Wildman–Crippen LogP) is 5.26. The maximum absolute atomic E-state index is 12.8. The second-order valence-electron chi connectivity index (χ2n) is 11.7. The molecule has 3 aliphatic carbocycles. The number of cyclic esters (lactones) is 1. The lowest BCUT2D eigenvalue weighted by Gasteiger charge is -2.70. The van der Waals surface area contributed by atoms with Crippen LogP contribution in [0.25, 0.3) is 0 Å². The van der Waals surface area contributed by atoms with Crippen molar-refractivity contribution in [2.24, 2.45) is 34.0 Å². The van der Waals surface area contributed by atoms with Crippen LogP contribution in [0.3, 0.4) is 0 Å². The minimum Gasteiger partial charge on any atom is -0.508 e. The lowest BCUT2D eigenvalue weighted by molar-refractivity contribution is -0.255. The fourth-order valence-corrected chi connectivity index (χ4v) is 9.16. The van der Waals surface area contributed by atoms with E-state index in [4.69, 9.17) is 9.47 Å². The first kappa shape index (κ1) is 19.0. The number of carbonyl (C=O) groups excluding carboxylic acids is 1. The summed E-state index contributed by atoms with van der Waals surface area (Å²) in [5.74, 6) is 2.76. The number of esters is 1. The summed E-state index contributed by atoms with van der Waals surface area (Å²) in [5.41, 5.74) is 0.980. The van der Waals surface area contributed by atoms with Gasteiger partial charge in [0.2, 0.25) is 0 Å². The van der Waals surface area contributed by atoms with Gasteiger partial charge in [-0.25, -0.2) is 0 Å². The van der Waals surface area contributed by atoms with E-state index in [-0.39, 0.29) is 27.8 Å². The number of carbonyl (C=O) groups is 1. The maximum atomic E-state index is 12.8. The molecule has 4 heteroatoms. The summed E-state index contributed by atoms with van der Waals surface area (Å²) in [7, 11) is 0. The standard InChI is InChI=1S/C26H34O4/c1-23-11-7-20-24(2)9-4-10-26(20,15-29-22(24)28)19(23)8-12-25(3)21(23)14-16-13-17(27)5-6-18(16)30-25/h5-6,13,19-21,27H,4,7-12,14-15H2,1-3H3/t19?,20?,21-,23+,24-,25?,26?/m0/s1. The molecular formula is C26H34O4. The van der Waals surface area contributed by atoms with Crippen LogP contribution in [-0.2, 0) is 16.0 Å². The van der Waals surface area contributed by atoms with Crippen LogP contribution >= 0.6 is 0 Å². The second-order valence-corrected chi connectivity index (χ2v) is 11.7. The number of phenols is 1. The average molecular weight is 411 g/mol. The molecule has 1 N–H and O–H groups in total. The van der Waals surface area contributed by atoms with Crippen LogP contribution in [0.1, 0.15) is 71.3 Å². The van der Waals surface area contributed by atoms with Crippen molar-refractivity contribution in [3.05, 3.63) is 23.8 Å². The molecule has 3 saturated carbocycles. The smallest absolute Gasteiger partial charge is 0.312 e. The molecule has 2 bridgehead atoms. The van der Waals surface area contributed by atoms with Gasteiger partial charge in [-0.15, -0.1) is 0 Å². The Hall–Kier alpha value is -1.71. The number of hydrogen-bond donors (Lipinski definition) is 1. The molecule has 4 fully saturated rings. The van der Waals surface area contributed by atoms with E-state index in [1.54, 1.807) is 6.07 Å². The van der Waals surface area contributed by atoms with E-state index >= 15 is 0 Å². The number of hydrogen-bond acceptors (Lipinski definition) is 4. The molecular weight excluding hydrogens is 376 g/mol. The van der Waals surface area contributed by atoms with E-state index in [1.165, 1.54) is 6.42 Å². The monoisotopic (exact) mass is 410 g/mol. The highest BCUT2D eigenvalue weighted by Crippen LogP contribution is 2.72. The Morgan fingerprint density at radius 2 is 1.80 bits per heavy atom. The van der Waals surface area contributed by atoms with Crippen LogP contribution < -0.4 is 4.74 Å².